The fraction of sp³-hybridized carbons (Fsp3) is 0.292. The molecule has 0 radical (unpaired) electrons. The Morgan fingerprint density at radius 2 is 1.71 bits per heavy atom. The molecule has 0 unspecified atom stereocenters. The summed E-state index contributed by atoms with van der Waals surface area (Å²) in [7, 11) is -3.58. The number of nitrogens with two attached hydrogens (primary N) is 1. The van der Waals surface area contributed by atoms with Gasteiger partial charge in [-0.2, -0.15) is 0 Å². The number of piperidine rings is 1. The molecule has 1 aromatic heterocycles. The zero-order valence-corrected chi connectivity index (χ0v) is 18.1. The molecule has 31 heavy (non-hydrogen) atoms. The number of benzene rings is 2. The maximum Gasteiger partial charge on any atom is 0.241 e. The first-order valence-corrected chi connectivity index (χ1v) is 12.1. The predicted octanol–water partition coefficient (Wildman–Crippen LogP) is 3.63. The van der Waals surface area contributed by atoms with Gasteiger partial charge in [-0.15, -0.1) is 0 Å². The molecule has 3 N–H and O–H groups in total. The van der Waals surface area contributed by atoms with Gasteiger partial charge in [0.2, 0.25) is 10.0 Å². The van der Waals surface area contributed by atoms with Gasteiger partial charge in [0.15, 0.2) is 0 Å². The van der Waals surface area contributed by atoms with Gasteiger partial charge in [0.25, 0.3) is 0 Å². The molecular formula is C24H26N4O2S. The number of hydrogen-bond donors (Lipinski definition) is 2. The number of hydrogen-bond acceptors (Lipinski definition) is 5. The Labute approximate surface area is 183 Å². The van der Waals surface area contributed by atoms with Crippen LogP contribution in [0.1, 0.15) is 36.4 Å². The van der Waals surface area contributed by atoms with E-state index < -0.39 is 10.0 Å². The third kappa shape index (κ3) is 3.68. The molecule has 2 heterocycles. The third-order valence-corrected chi connectivity index (χ3v) is 8.16. The molecule has 7 heteroatoms. The van der Waals surface area contributed by atoms with Crippen molar-refractivity contribution < 1.29 is 8.42 Å². The minimum Gasteiger partial charge on any atom is -0.399 e. The Balaban J connectivity index is 1.39. The maximum atomic E-state index is 13.0. The first-order chi connectivity index (χ1) is 15.0. The first kappa shape index (κ1) is 20.0. The van der Waals surface area contributed by atoms with Crippen molar-refractivity contribution in [2.24, 2.45) is 0 Å². The van der Waals surface area contributed by atoms with Crippen LogP contribution in [0.2, 0.25) is 0 Å². The monoisotopic (exact) mass is 434 g/mol. The number of pyridine rings is 1. The van der Waals surface area contributed by atoms with Crippen molar-refractivity contribution in [3.05, 3.63) is 84.1 Å². The molecule has 0 amide bonds. The number of sulfonamides is 1. The van der Waals surface area contributed by atoms with Gasteiger partial charge in [-0.05, 0) is 48.6 Å². The van der Waals surface area contributed by atoms with Crippen molar-refractivity contribution in [3.8, 4) is 0 Å². The van der Waals surface area contributed by atoms with Crippen molar-refractivity contribution in [2.45, 2.75) is 35.6 Å². The Bertz CT molecular complexity index is 1190. The summed E-state index contributed by atoms with van der Waals surface area (Å²) in [6, 6.07) is 20.4. The smallest absolute Gasteiger partial charge is 0.241 e. The lowest BCUT2D eigenvalue weighted by Gasteiger charge is -2.41. The van der Waals surface area contributed by atoms with Crippen LogP contribution in [0.5, 0.6) is 0 Å². The fourth-order valence-electron chi connectivity index (χ4n) is 5.10. The number of anilines is 2. The Kier molecular flexibility index (Phi) is 4.95. The summed E-state index contributed by atoms with van der Waals surface area (Å²) in [4.78, 5) is 7.05. The summed E-state index contributed by atoms with van der Waals surface area (Å²) < 4.78 is 29.0. The highest BCUT2D eigenvalue weighted by Gasteiger charge is 2.46. The molecule has 2 aromatic carbocycles. The zero-order chi connectivity index (χ0) is 21.5. The van der Waals surface area contributed by atoms with Gasteiger partial charge in [0.05, 0.1) is 4.90 Å². The number of aromatic nitrogens is 1. The van der Waals surface area contributed by atoms with Crippen molar-refractivity contribution in [3.63, 3.8) is 0 Å². The van der Waals surface area contributed by atoms with E-state index in [1.807, 2.05) is 18.2 Å². The van der Waals surface area contributed by atoms with Crippen LogP contribution < -0.4 is 15.4 Å². The van der Waals surface area contributed by atoms with E-state index in [2.05, 4.69) is 32.8 Å². The van der Waals surface area contributed by atoms with E-state index in [1.54, 1.807) is 36.5 Å². The lowest BCUT2D eigenvalue weighted by atomic mass is 9.73. The molecule has 0 bridgehead atoms. The van der Waals surface area contributed by atoms with Gasteiger partial charge >= 0.3 is 0 Å². The quantitative estimate of drug-likeness (QED) is 0.655. The molecule has 1 aliphatic heterocycles. The van der Waals surface area contributed by atoms with Crippen molar-refractivity contribution in [1.29, 1.82) is 0 Å². The van der Waals surface area contributed by atoms with Crippen molar-refractivity contribution >= 4 is 21.5 Å². The van der Waals surface area contributed by atoms with E-state index in [0.29, 0.717) is 10.6 Å². The second kappa shape index (κ2) is 7.66. The van der Waals surface area contributed by atoms with E-state index >= 15 is 0 Å². The summed E-state index contributed by atoms with van der Waals surface area (Å²) in [5, 5.41) is 0. The highest BCUT2D eigenvalue weighted by atomic mass is 32.2. The molecular weight excluding hydrogens is 408 g/mol. The second-order valence-electron chi connectivity index (χ2n) is 8.49. The van der Waals surface area contributed by atoms with E-state index in [9.17, 15) is 8.42 Å². The standard InChI is InChI=1S/C24H26N4O2S/c25-18-10-13-26-23(16-18)28-14-11-24(12-15-28)17-22(20-8-4-5-9-21(20)24)27-31(29,30)19-6-2-1-3-7-19/h1-10,13,16,22,27H,11-12,14-15,17H2,(H2,25,26)/t22-/m1/s1. The fourth-order valence-corrected chi connectivity index (χ4v) is 6.34. The van der Waals surface area contributed by atoms with Gasteiger partial charge in [0, 0.05) is 42.5 Å². The average molecular weight is 435 g/mol. The third-order valence-electron chi connectivity index (χ3n) is 6.67. The van der Waals surface area contributed by atoms with Crippen molar-refractivity contribution in [2.75, 3.05) is 23.7 Å². The number of nitrogens with zero attached hydrogens (tertiary/aromatic N) is 2. The van der Waals surface area contributed by atoms with E-state index in [-0.39, 0.29) is 11.5 Å². The normalized spacial score (nSPS) is 20.0. The highest BCUT2D eigenvalue weighted by Crippen LogP contribution is 2.51. The van der Waals surface area contributed by atoms with E-state index in [0.717, 1.165) is 43.7 Å². The molecule has 1 spiro atoms. The van der Waals surface area contributed by atoms with Gasteiger partial charge < -0.3 is 10.6 Å². The predicted molar refractivity (Wildman–Crippen MR) is 122 cm³/mol. The Morgan fingerprint density at radius 1 is 1.00 bits per heavy atom. The molecule has 5 rings (SSSR count). The van der Waals surface area contributed by atoms with E-state index in [1.165, 1.54) is 5.56 Å². The van der Waals surface area contributed by atoms with Crippen LogP contribution in [0.3, 0.4) is 0 Å². The van der Waals surface area contributed by atoms with Gasteiger partial charge in [-0.25, -0.2) is 18.1 Å². The molecule has 3 aromatic rings. The summed E-state index contributed by atoms with van der Waals surface area (Å²) in [5.74, 6) is 0.905. The minimum absolute atomic E-state index is 0.0305. The number of nitrogen functional groups attached to an aromatic ring is 1. The SMILES string of the molecule is Nc1ccnc(N2CCC3(CC2)C[C@@H](NS(=O)(=O)c2ccccc2)c2ccccc23)c1. The molecule has 160 valence electrons. The summed E-state index contributed by atoms with van der Waals surface area (Å²) in [5.41, 5.74) is 8.99. The molecule has 1 aliphatic carbocycles. The number of fused-ring (bicyclic) bond motifs is 2. The van der Waals surface area contributed by atoms with Crippen LogP contribution in [0.4, 0.5) is 11.5 Å². The molecule has 1 fully saturated rings. The second-order valence-corrected chi connectivity index (χ2v) is 10.2. The van der Waals surface area contributed by atoms with Crippen LogP contribution in [-0.2, 0) is 15.4 Å². The summed E-state index contributed by atoms with van der Waals surface area (Å²) in [6.45, 7) is 1.73. The lowest BCUT2D eigenvalue weighted by Crippen LogP contribution is -2.42. The van der Waals surface area contributed by atoms with Crippen LogP contribution in [0.15, 0.2) is 77.8 Å². The number of nitrogens with one attached hydrogen (secondary N) is 1. The molecule has 1 atom stereocenters. The molecule has 1 saturated heterocycles. The minimum atomic E-state index is -3.58. The van der Waals surface area contributed by atoms with Crippen LogP contribution in [0.25, 0.3) is 0 Å². The van der Waals surface area contributed by atoms with Crippen LogP contribution in [-0.4, -0.2) is 26.5 Å². The van der Waals surface area contributed by atoms with Gasteiger partial charge in [-0.1, -0.05) is 42.5 Å². The zero-order valence-electron chi connectivity index (χ0n) is 17.2. The number of rotatable bonds is 4. The molecule has 0 saturated carbocycles. The van der Waals surface area contributed by atoms with Crippen molar-refractivity contribution in [1.82, 2.24) is 9.71 Å². The largest absolute Gasteiger partial charge is 0.399 e. The summed E-state index contributed by atoms with van der Waals surface area (Å²) >= 11 is 0. The highest BCUT2D eigenvalue weighted by molar-refractivity contribution is 7.89. The molecule has 6 nitrogen and oxygen atoms in total. The van der Waals surface area contributed by atoms with Crippen LogP contribution >= 0.6 is 0 Å². The van der Waals surface area contributed by atoms with Crippen LogP contribution in [0, 0.1) is 0 Å². The Hall–Kier alpha value is -2.90. The maximum absolute atomic E-state index is 13.0. The Morgan fingerprint density at radius 3 is 2.45 bits per heavy atom. The van der Waals surface area contributed by atoms with Gasteiger partial charge in [0.1, 0.15) is 5.82 Å². The summed E-state index contributed by atoms with van der Waals surface area (Å²) in [6.07, 6.45) is 4.42. The topological polar surface area (TPSA) is 88.3 Å². The molecule has 2 aliphatic rings. The van der Waals surface area contributed by atoms with E-state index in [4.69, 9.17) is 5.73 Å². The van der Waals surface area contributed by atoms with Gasteiger partial charge in [-0.3, -0.25) is 0 Å². The average Bonchev–Trinajstić information content (AvgIpc) is 3.07. The lowest BCUT2D eigenvalue weighted by molar-refractivity contribution is 0.310. The first-order valence-electron chi connectivity index (χ1n) is 10.6.